The first-order valence-corrected chi connectivity index (χ1v) is 5.27. The summed E-state index contributed by atoms with van der Waals surface area (Å²) in [6.45, 7) is 2.04. The predicted octanol–water partition coefficient (Wildman–Crippen LogP) is 2.61. The van der Waals surface area contributed by atoms with Crippen molar-refractivity contribution in [3.8, 4) is 5.75 Å². The largest absolute Gasteiger partial charge is 0.489 e. The van der Waals surface area contributed by atoms with Gasteiger partial charge in [0.2, 0.25) is 0 Å². The maximum absolute atomic E-state index is 5.75. The molecule has 0 aliphatic carbocycles. The lowest BCUT2D eigenvalue weighted by atomic mass is 10.3. The van der Waals surface area contributed by atoms with E-state index < -0.39 is 0 Å². The van der Waals surface area contributed by atoms with E-state index >= 15 is 0 Å². The number of hydrogen-bond donors (Lipinski definition) is 1. The van der Waals surface area contributed by atoms with Gasteiger partial charge in [0.25, 0.3) is 0 Å². The summed E-state index contributed by atoms with van der Waals surface area (Å²) in [5, 5.41) is 3.27. The highest BCUT2D eigenvalue weighted by Crippen LogP contribution is 2.18. The molecular weight excluding hydrogens is 265 g/mol. The SMILES string of the molecule is Brc1ccc(O[C@@H]2CCNC2)cc1.Cl. The molecule has 1 saturated heterocycles. The Kier molecular flexibility index (Phi) is 4.72. The number of halogens is 2. The van der Waals surface area contributed by atoms with E-state index in [1.807, 2.05) is 24.3 Å². The fourth-order valence-corrected chi connectivity index (χ4v) is 1.70. The van der Waals surface area contributed by atoms with Crippen LogP contribution in [0.5, 0.6) is 5.75 Å². The van der Waals surface area contributed by atoms with Crippen molar-refractivity contribution in [2.24, 2.45) is 0 Å². The van der Waals surface area contributed by atoms with Gasteiger partial charge in [-0.15, -0.1) is 12.4 Å². The molecule has 0 bridgehead atoms. The van der Waals surface area contributed by atoms with Crippen LogP contribution in [-0.2, 0) is 0 Å². The molecule has 0 unspecified atom stereocenters. The van der Waals surface area contributed by atoms with Crippen LogP contribution in [0.15, 0.2) is 28.7 Å². The summed E-state index contributed by atoms with van der Waals surface area (Å²) in [4.78, 5) is 0. The fourth-order valence-electron chi connectivity index (χ4n) is 1.43. The van der Waals surface area contributed by atoms with Crippen molar-refractivity contribution in [1.82, 2.24) is 5.32 Å². The molecule has 0 aromatic heterocycles. The van der Waals surface area contributed by atoms with Gasteiger partial charge in [-0.1, -0.05) is 15.9 Å². The topological polar surface area (TPSA) is 21.3 Å². The van der Waals surface area contributed by atoms with Crippen molar-refractivity contribution in [3.05, 3.63) is 28.7 Å². The molecule has 1 aliphatic heterocycles. The Morgan fingerprint density at radius 1 is 1.29 bits per heavy atom. The van der Waals surface area contributed by atoms with Crippen LogP contribution < -0.4 is 10.1 Å². The van der Waals surface area contributed by atoms with E-state index in [1.54, 1.807) is 0 Å². The van der Waals surface area contributed by atoms with Gasteiger partial charge in [-0.05, 0) is 37.2 Å². The van der Waals surface area contributed by atoms with E-state index in [2.05, 4.69) is 21.2 Å². The molecule has 2 nitrogen and oxygen atoms in total. The molecule has 1 atom stereocenters. The average molecular weight is 279 g/mol. The third-order valence-corrected chi connectivity index (χ3v) is 2.66. The first-order valence-electron chi connectivity index (χ1n) is 4.47. The summed E-state index contributed by atoms with van der Waals surface area (Å²) < 4.78 is 6.83. The van der Waals surface area contributed by atoms with Crippen molar-refractivity contribution in [2.75, 3.05) is 13.1 Å². The highest BCUT2D eigenvalue weighted by atomic mass is 79.9. The van der Waals surface area contributed by atoms with Crippen LogP contribution in [-0.4, -0.2) is 19.2 Å². The number of rotatable bonds is 2. The van der Waals surface area contributed by atoms with Crippen LogP contribution in [0.2, 0.25) is 0 Å². The fraction of sp³-hybridized carbons (Fsp3) is 0.400. The molecule has 0 saturated carbocycles. The second-order valence-corrected chi connectivity index (χ2v) is 4.10. The molecule has 1 aromatic carbocycles. The Morgan fingerprint density at radius 3 is 2.57 bits per heavy atom. The average Bonchev–Trinajstić information content (AvgIpc) is 2.62. The molecule has 2 rings (SSSR count). The lowest BCUT2D eigenvalue weighted by molar-refractivity contribution is 0.223. The molecule has 1 heterocycles. The maximum atomic E-state index is 5.75. The van der Waals surface area contributed by atoms with Crippen LogP contribution in [0.25, 0.3) is 0 Å². The zero-order valence-electron chi connectivity index (χ0n) is 7.70. The number of nitrogens with one attached hydrogen (secondary N) is 1. The van der Waals surface area contributed by atoms with Gasteiger partial charge >= 0.3 is 0 Å². The molecule has 78 valence electrons. The minimum atomic E-state index is 0. The lowest BCUT2D eigenvalue weighted by Crippen LogP contribution is -2.19. The molecule has 0 radical (unpaired) electrons. The molecule has 0 amide bonds. The Morgan fingerprint density at radius 2 is 2.00 bits per heavy atom. The second-order valence-electron chi connectivity index (χ2n) is 3.19. The van der Waals surface area contributed by atoms with E-state index in [0.29, 0.717) is 6.10 Å². The maximum Gasteiger partial charge on any atom is 0.119 e. The Bertz CT molecular complexity index is 272. The van der Waals surface area contributed by atoms with E-state index in [-0.39, 0.29) is 12.4 Å². The smallest absolute Gasteiger partial charge is 0.119 e. The number of hydrogen-bond acceptors (Lipinski definition) is 2. The lowest BCUT2D eigenvalue weighted by Gasteiger charge is -2.11. The van der Waals surface area contributed by atoms with E-state index in [9.17, 15) is 0 Å². The quantitative estimate of drug-likeness (QED) is 0.898. The van der Waals surface area contributed by atoms with Gasteiger partial charge in [-0.2, -0.15) is 0 Å². The van der Waals surface area contributed by atoms with Gasteiger partial charge in [0.15, 0.2) is 0 Å². The molecule has 1 aliphatic rings. The van der Waals surface area contributed by atoms with Crippen LogP contribution >= 0.6 is 28.3 Å². The number of benzene rings is 1. The summed E-state index contributed by atoms with van der Waals surface area (Å²) in [5.74, 6) is 0.955. The number of ether oxygens (including phenoxy) is 1. The van der Waals surface area contributed by atoms with Crippen molar-refractivity contribution >= 4 is 28.3 Å². The zero-order valence-corrected chi connectivity index (χ0v) is 10.1. The van der Waals surface area contributed by atoms with Crippen molar-refractivity contribution in [2.45, 2.75) is 12.5 Å². The molecular formula is C10H13BrClNO. The summed E-state index contributed by atoms with van der Waals surface area (Å²) in [7, 11) is 0. The van der Waals surface area contributed by atoms with Crippen LogP contribution in [0, 0.1) is 0 Å². The summed E-state index contributed by atoms with van der Waals surface area (Å²) >= 11 is 3.39. The van der Waals surface area contributed by atoms with E-state index in [1.165, 1.54) is 0 Å². The van der Waals surface area contributed by atoms with Gasteiger partial charge < -0.3 is 10.1 Å². The van der Waals surface area contributed by atoms with Crippen molar-refractivity contribution < 1.29 is 4.74 Å². The normalized spacial score (nSPS) is 20.2. The first-order chi connectivity index (χ1) is 6.34. The minimum Gasteiger partial charge on any atom is -0.489 e. The summed E-state index contributed by atoms with van der Waals surface area (Å²) in [6, 6.07) is 7.97. The van der Waals surface area contributed by atoms with E-state index in [4.69, 9.17) is 4.74 Å². The van der Waals surface area contributed by atoms with Crippen LogP contribution in [0.4, 0.5) is 0 Å². The molecule has 1 fully saturated rings. The molecule has 1 aromatic rings. The van der Waals surface area contributed by atoms with Crippen LogP contribution in [0.3, 0.4) is 0 Å². The Balaban J connectivity index is 0.000000980. The molecule has 0 spiro atoms. The van der Waals surface area contributed by atoms with Gasteiger partial charge in [0.1, 0.15) is 11.9 Å². The standard InChI is InChI=1S/C10H12BrNO.ClH/c11-8-1-3-9(4-2-8)13-10-5-6-12-7-10;/h1-4,10,12H,5-7H2;1H/t10-;/m1./s1. The second kappa shape index (κ2) is 5.59. The third kappa shape index (κ3) is 3.15. The zero-order chi connectivity index (χ0) is 9.10. The van der Waals surface area contributed by atoms with Gasteiger partial charge in [-0.3, -0.25) is 0 Å². The van der Waals surface area contributed by atoms with Crippen molar-refractivity contribution in [3.63, 3.8) is 0 Å². The molecule has 14 heavy (non-hydrogen) atoms. The minimum absolute atomic E-state index is 0. The van der Waals surface area contributed by atoms with E-state index in [0.717, 1.165) is 29.7 Å². The third-order valence-electron chi connectivity index (χ3n) is 2.13. The first kappa shape index (κ1) is 11.8. The van der Waals surface area contributed by atoms with Gasteiger partial charge in [0, 0.05) is 11.0 Å². The highest BCUT2D eigenvalue weighted by Gasteiger charge is 2.15. The predicted molar refractivity (Wildman–Crippen MR) is 63.3 cm³/mol. The highest BCUT2D eigenvalue weighted by molar-refractivity contribution is 9.10. The van der Waals surface area contributed by atoms with Crippen molar-refractivity contribution in [1.29, 1.82) is 0 Å². The Hall–Kier alpha value is -0.250. The summed E-state index contributed by atoms with van der Waals surface area (Å²) in [5.41, 5.74) is 0. The Labute approximate surface area is 98.6 Å². The summed E-state index contributed by atoms with van der Waals surface area (Å²) in [6.07, 6.45) is 1.46. The van der Waals surface area contributed by atoms with Gasteiger partial charge in [0.05, 0.1) is 0 Å². The molecule has 1 N–H and O–H groups in total. The van der Waals surface area contributed by atoms with Gasteiger partial charge in [-0.25, -0.2) is 0 Å². The molecule has 4 heteroatoms. The monoisotopic (exact) mass is 277 g/mol. The van der Waals surface area contributed by atoms with Crippen LogP contribution in [0.1, 0.15) is 6.42 Å².